The lowest BCUT2D eigenvalue weighted by molar-refractivity contribution is -0.111. The van der Waals surface area contributed by atoms with Gasteiger partial charge in [0.05, 0.1) is 17.7 Å². The molecule has 0 N–H and O–H groups in total. The first kappa shape index (κ1) is 10.8. The molecule has 0 bridgehead atoms. The Morgan fingerprint density at radius 3 is 2.69 bits per heavy atom. The summed E-state index contributed by atoms with van der Waals surface area (Å²) in [6.45, 7) is 1.75. The smallest absolute Gasteiger partial charge is 0.236 e. The second kappa shape index (κ2) is 3.72. The van der Waals surface area contributed by atoms with Crippen LogP contribution in [0.5, 0.6) is 0 Å². The molecule has 1 heterocycles. The van der Waals surface area contributed by atoms with Crippen LogP contribution in [0, 0.1) is 6.92 Å². The zero-order valence-electron chi connectivity index (χ0n) is 8.70. The summed E-state index contributed by atoms with van der Waals surface area (Å²) in [7, 11) is 1.41. The number of aryl methyl sites for hydroxylation is 1. The Bertz CT molecular complexity index is 534. The number of ketones is 2. The molecule has 82 valence electrons. The molecule has 1 aliphatic rings. The van der Waals surface area contributed by atoms with Crippen molar-refractivity contribution in [3.05, 3.63) is 34.1 Å². The highest BCUT2D eigenvalue weighted by Gasteiger charge is 2.30. The third-order valence-corrected chi connectivity index (χ3v) is 2.56. The predicted molar refractivity (Wildman–Crippen MR) is 58.3 cm³/mol. The number of hydrogen-bond acceptors (Lipinski definition) is 4. The largest absolute Gasteiger partial charge is 0.494 e. The third kappa shape index (κ3) is 1.51. The van der Waals surface area contributed by atoms with Gasteiger partial charge in [-0.25, -0.2) is 4.98 Å². The van der Waals surface area contributed by atoms with E-state index in [1.807, 2.05) is 0 Å². The van der Waals surface area contributed by atoms with Crippen molar-refractivity contribution in [2.24, 2.45) is 0 Å². The highest BCUT2D eigenvalue weighted by atomic mass is 35.5. The molecule has 0 atom stereocenters. The number of pyridine rings is 1. The number of fused-ring (bicyclic) bond motifs is 1. The first-order chi connectivity index (χ1) is 7.54. The van der Waals surface area contributed by atoms with Gasteiger partial charge in [0.2, 0.25) is 11.6 Å². The van der Waals surface area contributed by atoms with Gasteiger partial charge < -0.3 is 4.74 Å². The Hall–Kier alpha value is -1.68. The van der Waals surface area contributed by atoms with Gasteiger partial charge in [-0.2, -0.15) is 0 Å². The van der Waals surface area contributed by atoms with Crippen molar-refractivity contribution in [3.63, 3.8) is 0 Å². The van der Waals surface area contributed by atoms with Crippen molar-refractivity contribution in [2.45, 2.75) is 6.92 Å². The van der Waals surface area contributed by atoms with Crippen molar-refractivity contribution in [2.75, 3.05) is 7.11 Å². The Labute approximate surface area is 96.9 Å². The van der Waals surface area contributed by atoms with Gasteiger partial charge in [0.15, 0.2) is 0 Å². The van der Waals surface area contributed by atoms with Crippen LogP contribution < -0.4 is 0 Å². The van der Waals surface area contributed by atoms with Gasteiger partial charge >= 0.3 is 0 Å². The van der Waals surface area contributed by atoms with Gasteiger partial charge in [-0.05, 0) is 13.0 Å². The maximum atomic E-state index is 11.6. The van der Waals surface area contributed by atoms with Crippen molar-refractivity contribution < 1.29 is 14.3 Å². The standard InChI is InChI=1S/C11H8ClNO3/c1-5-3-6(12)9-10(13-5)8(16-2)4-7(14)11(9)15/h3-4H,1-2H3. The molecule has 0 aliphatic heterocycles. The van der Waals surface area contributed by atoms with Crippen LogP contribution in [0.3, 0.4) is 0 Å². The highest BCUT2D eigenvalue weighted by molar-refractivity contribution is 6.53. The quantitative estimate of drug-likeness (QED) is 0.699. The summed E-state index contributed by atoms with van der Waals surface area (Å²) in [5.41, 5.74) is 1.11. The summed E-state index contributed by atoms with van der Waals surface area (Å²) in [5.74, 6) is -1.02. The fourth-order valence-corrected chi connectivity index (χ4v) is 1.89. The summed E-state index contributed by atoms with van der Waals surface area (Å²) >= 11 is 5.93. The lowest BCUT2D eigenvalue weighted by Gasteiger charge is -2.15. The van der Waals surface area contributed by atoms with Crippen LogP contribution in [0.15, 0.2) is 12.1 Å². The van der Waals surface area contributed by atoms with Crippen LogP contribution in [0.4, 0.5) is 0 Å². The number of allylic oxidation sites excluding steroid dienone is 1. The molecule has 0 amide bonds. The number of carbonyl (C=O) groups is 2. The fraction of sp³-hybridized carbons (Fsp3) is 0.182. The van der Waals surface area contributed by atoms with E-state index in [-0.39, 0.29) is 16.3 Å². The van der Waals surface area contributed by atoms with Gasteiger partial charge in [0.1, 0.15) is 11.5 Å². The molecule has 16 heavy (non-hydrogen) atoms. The van der Waals surface area contributed by atoms with E-state index >= 15 is 0 Å². The summed E-state index contributed by atoms with van der Waals surface area (Å²) in [6, 6.07) is 1.55. The second-order valence-electron chi connectivity index (χ2n) is 3.38. The van der Waals surface area contributed by atoms with E-state index in [4.69, 9.17) is 16.3 Å². The fourth-order valence-electron chi connectivity index (χ4n) is 1.56. The van der Waals surface area contributed by atoms with Crippen LogP contribution >= 0.6 is 11.6 Å². The minimum atomic E-state index is -0.645. The molecule has 0 fully saturated rings. The van der Waals surface area contributed by atoms with E-state index in [0.717, 1.165) is 6.08 Å². The minimum absolute atomic E-state index is 0.122. The van der Waals surface area contributed by atoms with Crippen LogP contribution in [-0.2, 0) is 9.53 Å². The number of methoxy groups -OCH3 is 1. The van der Waals surface area contributed by atoms with Gasteiger partial charge in [0, 0.05) is 11.8 Å². The molecule has 1 aliphatic carbocycles. The lowest BCUT2D eigenvalue weighted by Crippen LogP contribution is -2.21. The number of nitrogens with zero attached hydrogens (tertiary/aromatic N) is 1. The molecular weight excluding hydrogens is 230 g/mol. The third-order valence-electron chi connectivity index (χ3n) is 2.27. The van der Waals surface area contributed by atoms with Gasteiger partial charge in [0.25, 0.3) is 0 Å². The summed E-state index contributed by atoms with van der Waals surface area (Å²) in [6.07, 6.45) is 1.13. The average molecular weight is 238 g/mol. The normalized spacial score (nSPS) is 14.6. The maximum absolute atomic E-state index is 11.6. The first-order valence-electron chi connectivity index (χ1n) is 4.56. The van der Waals surface area contributed by atoms with E-state index < -0.39 is 11.6 Å². The van der Waals surface area contributed by atoms with Gasteiger partial charge in [-0.15, -0.1) is 0 Å². The Kier molecular flexibility index (Phi) is 2.52. The molecule has 4 nitrogen and oxygen atoms in total. The molecule has 2 rings (SSSR count). The first-order valence-corrected chi connectivity index (χ1v) is 4.94. The number of halogens is 1. The Balaban J connectivity index is 2.77. The summed E-state index contributed by atoms with van der Waals surface area (Å²) < 4.78 is 5.01. The van der Waals surface area contributed by atoms with E-state index in [0.29, 0.717) is 11.4 Å². The molecular formula is C11H8ClNO3. The van der Waals surface area contributed by atoms with Crippen molar-refractivity contribution in [3.8, 4) is 0 Å². The van der Waals surface area contributed by atoms with Crippen molar-refractivity contribution >= 4 is 28.9 Å². The van der Waals surface area contributed by atoms with E-state index in [1.165, 1.54) is 7.11 Å². The summed E-state index contributed by atoms with van der Waals surface area (Å²) in [5, 5.41) is 0.225. The molecule has 0 spiro atoms. The van der Waals surface area contributed by atoms with Gasteiger partial charge in [-0.3, -0.25) is 9.59 Å². The SMILES string of the molecule is COC1=CC(=O)C(=O)c2c(Cl)cc(C)nc21. The van der Waals surface area contributed by atoms with Crippen LogP contribution in [-0.4, -0.2) is 23.7 Å². The van der Waals surface area contributed by atoms with E-state index in [9.17, 15) is 9.59 Å². The monoisotopic (exact) mass is 237 g/mol. The molecule has 1 aromatic rings. The molecule has 0 saturated heterocycles. The van der Waals surface area contributed by atoms with Crippen molar-refractivity contribution in [1.82, 2.24) is 4.98 Å². The van der Waals surface area contributed by atoms with Crippen LogP contribution in [0.25, 0.3) is 5.76 Å². The van der Waals surface area contributed by atoms with Gasteiger partial charge in [-0.1, -0.05) is 11.6 Å². The number of aromatic nitrogens is 1. The minimum Gasteiger partial charge on any atom is -0.494 e. The highest BCUT2D eigenvalue weighted by Crippen LogP contribution is 2.29. The number of Topliss-reactive ketones (excluding diaryl/α,β-unsaturated/α-hetero) is 1. The predicted octanol–water partition coefficient (Wildman–Crippen LogP) is 1.80. The number of carbonyl (C=O) groups excluding carboxylic acids is 2. The number of rotatable bonds is 1. The number of ether oxygens (including phenoxy) is 1. The lowest BCUT2D eigenvalue weighted by atomic mass is 9.98. The van der Waals surface area contributed by atoms with Crippen LogP contribution in [0.1, 0.15) is 21.7 Å². The van der Waals surface area contributed by atoms with Crippen LogP contribution in [0.2, 0.25) is 5.02 Å². The molecule has 1 aromatic heterocycles. The summed E-state index contributed by atoms with van der Waals surface area (Å²) in [4.78, 5) is 27.2. The average Bonchev–Trinajstić information content (AvgIpc) is 2.22. The van der Waals surface area contributed by atoms with Crippen molar-refractivity contribution in [1.29, 1.82) is 0 Å². The molecule has 0 radical (unpaired) electrons. The zero-order valence-corrected chi connectivity index (χ0v) is 9.46. The van der Waals surface area contributed by atoms with E-state index in [1.54, 1.807) is 13.0 Å². The zero-order chi connectivity index (χ0) is 11.9. The molecule has 5 heteroatoms. The topological polar surface area (TPSA) is 56.3 Å². The molecule has 0 saturated carbocycles. The Morgan fingerprint density at radius 2 is 2.06 bits per heavy atom. The molecule has 0 unspecified atom stereocenters. The second-order valence-corrected chi connectivity index (χ2v) is 3.78. The van der Waals surface area contributed by atoms with E-state index in [2.05, 4.69) is 4.98 Å². The Morgan fingerprint density at radius 1 is 1.38 bits per heavy atom. The maximum Gasteiger partial charge on any atom is 0.236 e. The molecule has 0 aromatic carbocycles. The number of hydrogen-bond donors (Lipinski definition) is 0.